The molecule has 2 atom stereocenters. The van der Waals surface area contributed by atoms with E-state index < -0.39 is 11.6 Å². The molecule has 2 unspecified atom stereocenters. The van der Waals surface area contributed by atoms with Crippen LogP contribution in [0.25, 0.3) is 11.3 Å². The van der Waals surface area contributed by atoms with Crippen LogP contribution in [0.4, 0.5) is 8.78 Å². The van der Waals surface area contributed by atoms with Gasteiger partial charge in [0.25, 0.3) is 0 Å². The Morgan fingerprint density at radius 2 is 1.80 bits per heavy atom. The first-order chi connectivity index (χ1) is 12.0. The van der Waals surface area contributed by atoms with Crippen LogP contribution in [0.5, 0.6) is 5.88 Å². The van der Waals surface area contributed by atoms with Gasteiger partial charge in [-0.3, -0.25) is 4.90 Å². The van der Waals surface area contributed by atoms with Crippen LogP contribution < -0.4 is 4.74 Å². The molecular weight excluding hydrogens is 324 g/mol. The Hall–Kier alpha value is -2.08. The number of fused-ring (bicyclic) bond motifs is 3. The zero-order chi connectivity index (χ0) is 17.6. The Kier molecular flexibility index (Phi) is 4.15. The minimum absolute atomic E-state index is 0.108. The van der Waals surface area contributed by atoms with Crippen LogP contribution in [0, 0.1) is 24.5 Å². The summed E-state index contributed by atoms with van der Waals surface area (Å²) < 4.78 is 33.9. The lowest BCUT2D eigenvalue weighted by Gasteiger charge is -2.48. The molecule has 0 radical (unpaired) electrons. The third kappa shape index (κ3) is 2.88. The zero-order valence-corrected chi connectivity index (χ0v) is 14.4. The van der Waals surface area contributed by atoms with Crippen molar-refractivity contribution in [1.29, 1.82) is 0 Å². The molecule has 0 aliphatic carbocycles. The number of aromatic nitrogens is 2. The van der Waals surface area contributed by atoms with Crippen LogP contribution in [0.3, 0.4) is 0 Å². The van der Waals surface area contributed by atoms with Crippen LogP contribution in [0.15, 0.2) is 24.3 Å². The third-order valence-electron chi connectivity index (χ3n) is 5.54. The van der Waals surface area contributed by atoms with Gasteiger partial charge in [0.1, 0.15) is 6.10 Å². The average molecular weight is 345 g/mol. The second kappa shape index (κ2) is 6.33. The molecule has 0 spiro atoms. The van der Waals surface area contributed by atoms with E-state index in [1.165, 1.54) is 19.1 Å². The normalized spacial score (nSPS) is 28.2. The van der Waals surface area contributed by atoms with Gasteiger partial charge in [0, 0.05) is 17.7 Å². The molecule has 132 valence electrons. The lowest BCUT2D eigenvalue weighted by atomic mass is 9.81. The summed E-state index contributed by atoms with van der Waals surface area (Å²) in [4.78, 5) is 2.44. The highest BCUT2D eigenvalue weighted by atomic mass is 19.2. The van der Waals surface area contributed by atoms with Gasteiger partial charge in [-0.2, -0.15) is 0 Å². The smallest absolute Gasteiger partial charge is 0.233 e. The highest BCUT2D eigenvalue weighted by molar-refractivity contribution is 5.60. The third-order valence-corrected chi connectivity index (χ3v) is 5.54. The summed E-state index contributed by atoms with van der Waals surface area (Å²) in [6.07, 6.45) is 2.40. The molecular formula is C19H21F2N3O. The second-order valence-electron chi connectivity index (χ2n) is 7.01. The standard InChI is InChI=1S/C19H21F2N3O/c1-11-3-4-14(18(21)17(11)20)15-5-6-16(23-22-15)25-19-12(2)24-9-7-13(19)8-10-24/h3-6,12-13,19H,7-10H2,1-2H3. The molecule has 0 amide bonds. The fourth-order valence-electron chi connectivity index (χ4n) is 3.96. The maximum absolute atomic E-state index is 14.1. The monoisotopic (exact) mass is 345 g/mol. The molecule has 3 aliphatic rings. The molecule has 1 aromatic heterocycles. The van der Waals surface area contributed by atoms with E-state index in [2.05, 4.69) is 22.0 Å². The molecule has 3 saturated heterocycles. The van der Waals surface area contributed by atoms with E-state index in [1.807, 2.05) is 0 Å². The van der Waals surface area contributed by atoms with Crippen molar-refractivity contribution in [3.63, 3.8) is 0 Å². The van der Waals surface area contributed by atoms with Gasteiger partial charge in [0.2, 0.25) is 5.88 Å². The lowest BCUT2D eigenvalue weighted by molar-refractivity contribution is -0.0528. The van der Waals surface area contributed by atoms with Gasteiger partial charge in [-0.25, -0.2) is 8.78 Å². The largest absolute Gasteiger partial charge is 0.471 e. The summed E-state index contributed by atoms with van der Waals surface area (Å²) in [5, 5.41) is 8.12. The molecule has 3 aliphatic heterocycles. The average Bonchev–Trinajstić information content (AvgIpc) is 2.64. The number of benzene rings is 1. The lowest BCUT2D eigenvalue weighted by Crippen LogP contribution is -2.58. The summed E-state index contributed by atoms with van der Waals surface area (Å²) in [6, 6.07) is 6.73. The highest BCUT2D eigenvalue weighted by Crippen LogP contribution is 2.34. The van der Waals surface area contributed by atoms with E-state index in [0.717, 1.165) is 25.9 Å². The fraction of sp³-hybridized carbons (Fsp3) is 0.474. The minimum atomic E-state index is -0.894. The van der Waals surface area contributed by atoms with Crippen LogP contribution in [-0.2, 0) is 0 Å². The van der Waals surface area contributed by atoms with Crippen LogP contribution in [0.1, 0.15) is 25.3 Å². The van der Waals surface area contributed by atoms with Gasteiger partial charge in [-0.1, -0.05) is 6.07 Å². The summed E-state index contributed by atoms with van der Waals surface area (Å²) in [6.45, 7) is 5.98. The SMILES string of the molecule is Cc1ccc(-c2ccc(OC3C4CCN(CC4)C3C)nn2)c(F)c1F. The van der Waals surface area contributed by atoms with E-state index in [-0.39, 0.29) is 17.2 Å². The summed E-state index contributed by atoms with van der Waals surface area (Å²) >= 11 is 0. The van der Waals surface area contributed by atoms with Crippen molar-refractivity contribution >= 4 is 0 Å². The maximum Gasteiger partial charge on any atom is 0.233 e. The first kappa shape index (κ1) is 16.4. The first-order valence-electron chi connectivity index (χ1n) is 8.74. The Labute approximate surface area is 145 Å². The fourth-order valence-corrected chi connectivity index (χ4v) is 3.96. The predicted molar refractivity (Wildman–Crippen MR) is 90.3 cm³/mol. The molecule has 25 heavy (non-hydrogen) atoms. The molecule has 0 saturated carbocycles. The summed E-state index contributed by atoms with van der Waals surface area (Å²) in [5.74, 6) is -0.762. The Morgan fingerprint density at radius 1 is 1.04 bits per heavy atom. The van der Waals surface area contributed by atoms with Crippen molar-refractivity contribution in [1.82, 2.24) is 15.1 Å². The number of rotatable bonds is 3. The number of hydrogen-bond acceptors (Lipinski definition) is 4. The number of piperidine rings is 3. The minimum Gasteiger partial charge on any atom is -0.471 e. The first-order valence-corrected chi connectivity index (χ1v) is 8.74. The number of halogens is 2. The Balaban J connectivity index is 1.54. The van der Waals surface area contributed by atoms with Crippen LogP contribution in [-0.4, -0.2) is 40.3 Å². The number of aryl methyl sites for hydroxylation is 1. The van der Waals surface area contributed by atoms with E-state index in [4.69, 9.17) is 4.74 Å². The van der Waals surface area contributed by atoms with Crippen LogP contribution >= 0.6 is 0 Å². The van der Waals surface area contributed by atoms with E-state index in [9.17, 15) is 8.78 Å². The topological polar surface area (TPSA) is 38.2 Å². The van der Waals surface area contributed by atoms with E-state index >= 15 is 0 Å². The number of ether oxygens (including phenoxy) is 1. The van der Waals surface area contributed by atoms with Crippen molar-refractivity contribution in [3.05, 3.63) is 41.5 Å². The van der Waals surface area contributed by atoms with E-state index in [1.54, 1.807) is 12.1 Å². The van der Waals surface area contributed by atoms with Crippen molar-refractivity contribution in [3.8, 4) is 17.1 Å². The number of hydrogen-bond donors (Lipinski definition) is 0. The maximum atomic E-state index is 14.1. The van der Waals surface area contributed by atoms with Gasteiger partial charge in [0.15, 0.2) is 11.6 Å². The molecule has 3 fully saturated rings. The molecule has 1 aromatic carbocycles. The molecule has 4 heterocycles. The Morgan fingerprint density at radius 3 is 2.44 bits per heavy atom. The highest BCUT2D eigenvalue weighted by Gasteiger charge is 2.41. The van der Waals surface area contributed by atoms with Gasteiger partial charge in [-0.05, 0) is 63.4 Å². The molecule has 5 rings (SSSR count). The van der Waals surface area contributed by atoms with Crippen molar-refractivity contribution in [2.75, 3.05) is 13.1 Å². The van der Waals surface area contributed by atoms with Gasteiger partial charge in [0.05, 0.1) is 5.69 Å². The van der Waals surface area contributed by atoms with Crippen molar-refractivity contribution in [2.24, 2.45) is 5.92 Å². The molecule has 6 heteroatoms. The molecule has 0 N–H and O–H groups in total. The van der Waals surface area contributed by atoms with Gasteiger partial charge < -0.3 is 4.74 Å². The second-order valence-corrected chi connectivity index (χ2v) is 7.01. The van der Waals surface area contributed by atoms with Gasteiger partial charge in [-0.15, -0.1) is 10.2 Å². The summed E-state index contributed by atoms with van der Waals surface area (Å²) in [5.41, 5.74) is 0.676. The van der Waals surface area contributed by atoms with E-state index in [0.29, 0.717) is 23.5 Å². The molecule has 4 nitrogen and oxygen atoms in total. The molecule has 2 bridgehead atoms. The quantitative estimate of drug-likeness (QED) is 0.852. The van der Waals surface area contributed by atoms with Crippen molar-refractivity contribution < 1.29 is 13.5 Å². The Bertz CT molecular complexity index is 771. The van der Waals surface area contributed by atoms with Crippen LogP contribution in [0.2, 0.25) is 0 Å². The number of nitrogens with zero attached hydrogens (tertiary/aromatic N) is 3. The van der Waals surface area contributed by atoms with Crippen molar-refractivity contribution in [2.45, 2.75) is 38.8 Å². The van der Waals surface area contributed by atoms with Gasteiger partial charge >= 0.3 is 0 Å². The summed E-state index contributed by atoms with van der Waals surface area (Å²) in [7, 11) is 0. The molecule has 2 aromatic rings. The predicted octanol–water partition coefficient (Wildman–Crippen LogP) is 3.59. The zero-order valence-electron chi connectivity index (χ0n) is 14.4.